The number of nitrogens with zero attached hydrogens (tertiary/aromatic N) is 2. The molecule has 0 atom stereocenters. The molecule has 0 fully saturated rings. The second-order valence-corrected chi connectivity index (χ2v) is 8.23. The number of ketones is 1. The van der Waals surface area contributed by atoms with Crippen LogP contribution in [0.25, 0.3) is 31.6 Å². The van der Waals surface area contributed by atoms with Gasteiger partial charge in [-0.3, -0.25) is 4.79 Å². The molecule has 2 aromatic carbocycles. The van der Waals surface area contributed by atoms with Crippen LogP contribution in [0.4, 0.5) is 0 Å². The maximum atomic E-state index is 12.6. The van der Waals surface area contributed by atoms with E-state index in [2.05, 4.69) is 28.2 Å². The summed E-state index contributed by atoms with van der Waals surface area (Å²) >= 11 is 3.05. The van der Waals surface area contributed by atoms with E-state index in [1.54, 1.807) is 23.7 Å². The van der Waals surface area contributed by atoms with Crippen molar-refractivity contribution >= 4 is 50.1 Å². The minimum absolute atomic E-state index is 0.0496. The number of furan rings is 1. The molecule has 28 heavy (non-hydrogen) atoms. The van der Waals surface area contributed by atoms with Crippen LogP contribution in [0.3, 0.4) is 0 Å². The molecule has 0 radical (unpaired) electrons. The van der Waals surface area contributed by atoms with E-state index in [1.807, 2.05) is 42.5 Å². The van der Waals surface area contributed by atoms with Crippen LogP contribution in [0, 0.1) is 0 Å². The first-order chi connectivity index (χ1) is 13.8. The maximum absolute atomic E-state index is 12.6. The lowest BCUT2D eigenvalue weighted by Gasteiger charge is -2.00. The van der Waals surface area contributed by atoms with E-state index >= 15 is 0 Å². The molecule has 0 spiro atoms. The highest BCUT2D eigenvalue weighted by Gasteiger charge is 2.15. The van der Waals surface area contributed by atoms with E-state index < -0.39 is 0 Å². The number of thioether (sulfide) groups is 1. The molecule has 4 nitrogen and oxygen atoms in total. The van der Waals surface area contributed by atoms with Gasteiger partial charge in [-0.2, -0.15) is 0 Å². The second-order valence-electron chi connectivity index (χ2n) is 6.23. The molecule has 0 aliphatic heterocycles. The smallest absolute Gasteiger partial charge is 0.208 e. The Morgan fingerprint density at radius 1 is 1.00 bits per heavy atom. The van der Waals surface area contributed by atoms with Gasteiger partial charge in [-0.1, -0.05) is 60.3 Å². The molecule has 0 aliphatic carbocycles. The number of hydrogen-bond donors (Lipinski definition) is 0. The topological polar surface area (TPSA) is 56.0 Å². The van der Waals surface area contributed by atoms with Gasteiger partial charge in [-0.15, -0.1) is 11.3 Å². The zero-order valence-electron chi connectivity index (χ0n) is 14.7. The summed E-state index contributed by atoms with van der Waals surface area (Å²) in [5.41, 5.74) is 1.88. The van der Waals surface area contributed by atoms with Gasteiger partial charge in [-0.05, 0) is 23.8 Å². The SMILES string of the molecule is O=C(CSc1ncnc2sc(-c3ccccc3)cc12)c1cc2ccccc2o1. The van der Waals surface area contributed by atoms with Crippen molar-refractivity contribution in [2.45, 2.75) is 5.03 Å². The van der Waals surface area contributed by atoms with Gasteiger partial charge in [0.1, 0.15) is 21.8 Å². The minimum atomic E-state index is -0.0496. The fourth-order valence-electron chi connectivity index (χ4n) is 3.02. The largest absolute Gasteiger partial charge is 0.453 e. The van der Waals surface area contributed by atoms with Crippen LogP contribution in [0.2, 0.25) is 0 Å². The number of rotatable bonds is 5. The van der Waals surface area contributed by atoms with Crippen LogP contribution >= 0.6 is 23.1 Å². The molecule has 0 saturated carbocycles. The van der Waals surface area contributed by atoms with Crippen molar-refractivity contribution in [2.24, 2.45) is 0 Å². The minimum Gasteiger partial charge on any atom is -0.453 e. The van der Waals surface area contributed by atoms with Crippen LogP contribution in [-0.2, 0) is 0 Å². The summed E-state index contributed by atoms with van der Waals surface area (Å²) in [6.07, 6.45) is 1.56. The molecule has 3 aromatic heterocycles. The standard InChI is InChI=1S/C22H14N2O2S2/c25-17(19-10-15-8-4-5-9-18(15)26-19)12-27-21-16-11-20(14-6-2-1-3-7-14)28-22(16)24-13-23-21/h1-11,13H,12H2. The highest BCUT2D eigenvalue weighted by atomic mass is 32.2. The third kappa shape index (κ3) is 3.21. The fourth-order valence-corrected chi connectivity index (χ4v) is 4.93. The molecule has 0 aliphatic rings. The van der Waals surface area contributed by atoms with Gasteiger partial charge in [0.2, 0.25) is 5.78 Å². The van der Waals surface area contributed by atoms with Crippen LogP contribution in [-0.4, -0.2) is 21.5 Å². The van der Waals surface area contributed by atoms with Crippen molar-refractivity contribution in [3.8, 4) is 10.4 Å². The number of para-hydroxylation sites is 1. The first kappa shape index (κ1) is 17.2. The normalized spacial score (nSPS) is 11.3. The summed E-state index contributed by atoms with van der Waals surface area (Å²) in [7, 11) is 0. The fraction of sp³-hybridized carbons (Fsp3) is 0.0455. The summed E-state index contributed by atoms with van der Waals surface area (Å²) in [5, 5.41) is 2.73. The van der Waals surface area contributed by atoms with Gasteiger partial charge < -0.3 is 4.42 Å². The van der Waals surface area contributed by atoms with Gasteiger partial charge >= 0.3 is 0 Å². The van der Waals surface area contributed by atoms with Crippen molar-refractivity contribution < 1.29 is 9.21 Å². The number of Topliss-reactive ketones (excluding diaryl/α,β-unsaturated/α-hetero) is 1. The van der Waals surface area contributed by atoms with Gasteiger partial charge in [0.15, 0.2) is 5.76 Å². The summed E-state index contributed by atoms with van der Waals surface area (Å²) in [5.74, 6) is 0.600. The third-order valence-corrected chi connectivity index (χ3v) is 6.49. The molecule has 3 heterocycles. The van der Waals surface area contributed by atoms with Gasteiger partial charge in [0.25, 0.3) is 0 Å². The Labute approximate surface area is 169 Å². The molecule has 5 aromatic rings. The summed E-state index contributed by atoms with van der Waals surface area (Å²) < 4.78 is 5.67. The molecule has 0 bridgehead atoms. The summed E-state index contributed by atoms with van der Waals surface area (Å²) in [6.45, 7) is 0. The average molecular weight is 403 g/mol. The number of carbonyl (C=O) groups excluding carboxylic acids is 1. The van der Waals surface area contributed by atoms with Gasteiger partial charge in [-0.25, -0.2) is 9.97 Å². The van der Waals surface area contributed by atoms with E-state index in [4.69, 9.17) is 4.42 Å². The van der Waals surface area contributed by atoms with E-state index in [9.17, 15) is 4.79 Å². The van der Waals surface area contributed by atoms with E-state index in [1.165, 1.54) is 11.8 Å². The average Bonchev–Trinajstić information content (AvgIpc) is 3.37. The van der Waals surface area contributed by atoms with E-state index in [0.29, 0.717) is 5.76 Å². The Kier molecular flexibility index (Phi) is 4.43. The maximum Gasteiger partial charge on any atom is 0.208 e. The predicted molar refractivity (Wildman–Crippen MR) is 114 cm³/mol. The van der Waals surface area contributed by atoms with Crippen molar-refractivity contribution in [1.82, 2.24) is 9.97 Å². The van der Waals surface area contributed by atoms with Gasteiger partial charge in [0.05, 0.1) is 5.75 Å². The van der Waals surface area contributed by atoms with Crippen LogP contribution in [0.15, 0.2) is 82.5 Å². The Bertz CT molecular complexity index is 1260. The highest BCUT2D eigenvalue weighted by molar-refractivity contribution is 8.00. The van der Waals surface area contributed by atoms with Gasteiger partial charge in [0, 0.05) is 15.6 Å². The van der Waals surface area contributed by atoms with Crippen molar-refractivity contribution in [1.29, 1.82) is 0 Å². The lowest BCUT2D eigenvalue weighted by atomic mass is 10.2. The number of carbonyl (C=O) groups is 1. The Hall–Kier alpha value is -2.96. The lowest BCUT2D eigenvalue weighted by molar-refractivity contribution is 0.0994. The van der Waals surface area contributed by atoms with Crippen molar-refractivity contribution in [3.63, 3.8) is 0 Å². The first-order valence-corrected chi connectivity index (χ1v) is 10.5. The second kappa shape index (κ2) is 7.22. The monoisotopic (exact) mass is 402 g/mol. The lowest BCUT2D eigenvalue weighted by Crippen LogP contribution is -2.00. The number of aromatic nitrogens is 2. The zero-order valence-corrected chi connectivity index (χ0v) is 16.3. The van der Waals surface area contributed by atoms with Crippen LogP contribution in [0.1, 0.15) is 10.6 Å². The molecular weight excluding hydrogens is 388 g/mol. The summed E-state index contributed by atoms with van der Waals surface area (Å²) in [4.78, 5) is 23.4. The zero-order chi connectivity index (χ0) is 18.9. The Morgan fingerprint density at radius 3 is 2.68 bits per heavy atom. The Morgan fingerprint density at radius 2 is 1.82 bits per heavy atom. The number of fused-ring (bicyclic) bond motifs is 2. The molecule has 136 valence electrons. The van der Waals surface area contributed by atoms with Crippen molar-refractivity contribution in [2.75, 3.05) is 5.75 Å². The number of benzene rings is 2. The van der Waals surface area contributed by atoms with Crippen molar-refractivity contribution in [3.05, 3.63) is 78.8 Å². The molecule has 0 unspecified atom stereocenters. The first-order valence-electron chi connectivity index (χ1n) is 8.72. The third-order valence-electron chi connectivity index (χ3n) is 4.39. The molecule has 0 N–H and O–H groups in total. The Balaban J connectivity index is 1.40. The number of hydrogen-bond acceptors (Lipinski definition) is 6. The van der Waals surface area contributed by atoms with Crippen LogP contribution < -0.4 is 0 Å². The predicted octanol–water partition coefficient (Wildman–Crippen LogP) is 6.08. The van der Waals surface area contributed by atoms with E-state index in [-0.39, 0.29) is 11.5 Å². The molecule has 6 heteroatoms. The quantitative estimate of drug-likeness (QED) is 0.203. The highest BCUT2D eigenvalue weighted by Crippen LogP contribution is 2.36. The number of thiophene rings is 1. The summed E-state index contributed by atoms with van der Waals surface area (Å²) in [6, 6.07) is 21.7. The van der Waals surface area contributed by atoms with E-state index in [0.717, 1.165) is 36.7 Å². The molecule has 0 amide bonds. The molecular formula is C22H14N2O2S2. The molecule has 0 saturated heterocycles. The van der Waals surface area contributed by atoms with Crippen LogP contribution in [0.5, 0.6) is 0 Å². The molecule has 5 rings (SSSR count).